The third-order valence-corrected chi connectivity index (χ3v) is 6.50. The minimum atomic E-state index is 0.413. The molecular formula is C28H31N. The highest BCUT2D eigenvalue weighted by Gasteiger charge is 2.38. The second-order valence-corrected chi connectivity index (χ2v) is 9.02. The molecule has 0 radical (unpaired) electrons. The molecule has 0 unspecified atom stereocenters. The average molecular weight is 382 g/mol. The smallest absolute Gasteiger partial charge is 0.0738 e. The van der Waals surface area contributed by atoms with E-state index in [-0.39, 0.29) is 0 Å². The fourth-order valence-corrected chi connectivity index (χ4v) is 3.97. The van der Waals surface area contributed by atoms with Crippen LogP contribution < -0.4 is 0 Å². The summed E-state index contributed by atoms with van der Waals surface area (Å²) in [7, 11) is 0. The van der Waals surface area contributed by atoms with Crippen molar-refractivity contribution in [3.63, 3.8) is 0 Å². The summed E-state index contributed by atoms with van der Waals surface area (Å²) in [5.74, 6) is 0. The number of pyridine rings is 1. The molecule has 0 bridgehead atoms. The van der Waals surface area contributed by atoms with E-state index in [1.165, 1.54) is 51.8 Å². The molecule has 0 saturated heterocycles. The second-order valence-electron chi connectivity index (χ2n) is 9.02. The van der Waals surface area contributed by atoms with E-state index in [1.807, 2.05) is 0 Å². The molecule has 1 heteroatoms. The SMILES string of the molecule is Cc1ccc(C/C=C/c2nc(-c3ccc(C4(C)CC4)cc3)c(C)cc2C)cc1C. The summed E-state index contributed by atoms with van der Waals surface area (Å²) in [4.78, 5) is 5.03. The van der Waals surface area contributed by atoms with Gasteiger partial charge in [-0.3, -0.25) is 0 Å². The Labute approximate surface area is 175 Å². The Kier molecular flexibility index (Phi) is 5.17. The highest BCUT2D eigenvalue weighted by atomic mass is 14.7. The molecule has 1 aliphatic carbocycles. The van der Waals surface area contributed by atoms with Crippen LogP contribution in [0.3, 0.4) is 0 Å². The van der Waals surface area contributed by atoms with Gasteiger partial charge in [-0.25, -0.2) is 4.98 Å². The van der Waals surface area contributed by atoms with Crippen molar-refractivity contribution in [2.45, 2.75) is 59.3 Å². The Balaban J connectivity index is 1.57. The Bertz CT molecular complexity index is 1070. The van der Waals surface area contributed by atoms with Gasteiger partial charge in [-0.15, -0.1) is 0 Å². The summed E-state index contributed by atoms with van der Waals surface area (Å²) in [5.41, 5.74) is 11.7. The Morgan fingerprint density at radius 3 is 2.21 bits per heavy atom. The van der Waals surface area contributed by atoms with Crippen molar-refractivity contribution in [3.8, 4) is 11.3 Å². The molecular weight excluding hydrogens is 350 g/mol. The summed E-state index contributed by atoms with van der Waals surface area (Å²) in [6.45, 7) is 11.0. The van der Waals surface area contributed by atoms with Crippen LogP contribution in [0.2, 0.25) is 0 Å². The van der Waals surface area contributed by atoms with Crippen molar-refractivity contribution < 1.29 is 0 Å². The molecule has 1 heterocycles. The molecule has 0 spiro atoms. The van der Waals surface area contributed by atoms with Gasteiger partial charge in [0.05, 0.1) is 11.4 Å². The molecule has 3 aromatic rings. The van der Waals surface area contributed by atoms with Crippen LogP contribution in [0.15, 0.2) is 54.6 Å². The first-order valence-corrected chi connectivity index (χ1v) is 10.7. The predicted octanol–water partition coefficient (Wildman–Crippen LogP) is 7.29. The van der Waals surface area contributed by atoms with Crippen LogP contribution in [0, 0.1) is 27.7 Å². The van der Waals surface area contributed by atoms with Crippen LogP contribution in [0.4, 0.5) is 0 Å². The zero-order valence-electron chi connectivity index (χ0n) is 18.3. The van der Waals surface area contributed by atoms with Crippen molar-refractivity contribution in [1.82, 2.24) is 4.98 Å². The van der Waals surface area contributed by atoms with E-state index >= 15 is 0 Å². The first-order valence-electron chi connectivity index (χ1n) is 10.7. The normalized spacial score (nSPS) is 15.1. The van der Waals surface area contributed by atoms with Crippen LogP contribution in [0.1, 0.15) is 58.8 Å². The Morgan fingerprint density at radius 2 is 1.55 bits per heavy atom. The van der Waals surface area contributed by atoms with E-state index in [2.05, 4.69) is 95.3 Å². The van der Waals surface area contributed by atoms with Gasteiger partial charge >= 0.3 is 0 Å². The monoisotopic (exact) mass is 381 g/mol. The van der Waals surface area contributed by atoms with Crippen LogP contribution in [0.25, 0.3) is 17.3 Å². The van der Waals surface area contributed by atoms with Gasteiger partial charge in [0.2, 0.25) is 0 Å². The van der Waals surface area contributed by atoms with Gasteiger partial charge < -0.3 is 0 Å². The zero-order chi connectivity index (χ0) is 20.6. The molecule has 1 aromatic heterocycles. The van der Waals surface area contributed by atoms with Gasteiger partial charge in [-0.05, 0) is 91.8 Å². The summed E-state index contributed by atoms with van der Waals surface area (Å²) in [6.07, 6.45) is 7.95. The summed E-state index contributed by atoms with van der Waals surface area (Å²) in [6, 6.07) is 18.0. The molecule has 0 aliphatic heterocycles. The lowest BCUT2D eigenvalue weighted by Crippen LogP contribution is -2.00. The summed E-state index contributed by atoms with van der Waals surface area (Å²) >= 11 is 0. The number of hydrogen-bond donors (Lipinski definition) is 0. The highest BCUT2D eigenvalue weighted by Crippen LogP contribution is 2.47. The maximum Gasteiger partial charge on any atom is 0.0738 e. The molecule has 4 rings (SSSR count). The van der Waals surface area contributed by atoms with Crippen molar-refractivity contribution >= 4 is 6.08 Å². The van der Waals surface area contributed by atoms with Crippen molar-refractivity contribution in [2.75, 3.05) is 0 Å². The van der Waals surface area contributed by atoms with E-state index in [0.717, 1.165) is 17.8 Å². The third kappa shape index (κ3) is 4.19. The number of allylic oxidation sites excluding steroid dienone is 1. The standard InChI is InChI=1S/C28H31N/c1-19-9-10-23(18-20(19)2)7-6-8-26-21(3)17-22(4)27(29-26)24-11-13-25(14-12-24)28(5)15-16-28/h6,8-14,17-18H,7,15-16H2,1-5H3/b8-6+. The predicted molar refractivity (Wildman–Crippen MR) is 124 cm³/mol. The maximum absolute atomic E-state index is 5.03. The lowest BCUT2D eigenvalue weighted by atomic mass is 9.95. The van der Waals surface area contributed by atoms with Crippen LogP contribution in [-0.4, -0.2) is 4.98 Å². The maximum atomic E-state index is 5.03. The van der Waals surface area contributed by atoms with Crippen molar-refractivity contribution in [1.29, 1.82) is 0 Å². The van der Waals surface area contributed by atoms with E-state index in [9.17, 15) is 0 Å². The minimum absolute atomic E-state index is 0.413. The molecule has 0 atom stereocenters. The molecule has 29 heavy (non-hydrogen) atoms. The minimum Gasteiger partial charge on any atom is -0.248 e. The molecule has 0 N–H and O–H groups in total. The number of rotatable bonds is 5. The highest BCUT2D eigenvalue weighted by molar-refractivity contribution is 5.66. The number of aryl methyl sites for hydroxylation is 4. The average Bonchev–Trinajstić information content (AvgIpc) is 3.45. The van der Waals surface area contributed by atoms with Gasteiger partial charge in [0.15, 0.2) is 0 Å². The van der Waals surface area contributed by atoms with E-state index in [0.29, 0.717) is 5.41 Å². The molecule has 148 valence electrons. The summed E-state index contributed by atoms with van der Waals surface area (Å²) in [5, 5.41) is 0. The lowest BCUT2D eigenvalue weighted by Gasteiger charge is -2.12. The van der Waals surface area contributed by atoms with Gasteiger partial charge in [0.1, 0.15) is 0 Å². The van der Waals surface area contributed by atoms with Gasteiger partial charge in [0, 0.05) is 5.56 Å². The Morgan fingerprint density at radius 1 is 0.828 bits per heavy atom. The molecule has 1 fully saturated rings. The zero-order valence-corrected chi connectivity index (χ0v) is 18.3. The van der Waals surface area contributed by atoms with Crippen molar-refractivity contribution in [2.24, 2.45) is 0 Å². The summed E-state index contributed by atoms with van der Waals surface area (Å²) < 4.78 is 0. The fourth-order valence-electron chi connectivity index (χ4n) is 3.97. The first-order chi connectivity index (χ1) is 13.9. The van der Waals surface area contributed by atoms with Crippen LogP contribution >= 0.6 is 0 Å². The van der Waals surface area contributed by atoms with Gasteiger partial charge in [-0.1, -0.05) is 61.5 Å². The number of aromatic nitrogens is 1. The quantitative estimate of drug-likeness (QED) is 0.452. The fraction of sp³-hybridized carbons (Fsp3) is 0.321. The number of hydrogen-bond acceptors (Lipinski definition) is 1. The van der Waals surface area contributed by atoms with Crippen LogP contribution in [0.5, 0.6) is 0 Å². The third-order valence-electron chi connectivity index (χ3n) is 6.50. The largest absolute Gasteiger partial charge is 0.248 e. The molecule has 1 nitrogen and oxygen atoms in total. The van der Waals surface area contributed by atoms with E-state index in [1.54, 1.807) is 0 Å². The van der Waals surface area contributed by atoms with E-state index < -0.39 is 0 Å². The van der Waals surface area contributed by atoms with E-state index in [4.69, 9.17) is 4.98 Å². The number of nitrogens with zero attached hydrogens (tertiary/aromatic N) is 1. The molecule has 2 aromatic carbocycles. The Hall–Kier alpha value is -2.67. The van der Waals surface area contributed by atoms with Crippen molar-refractivity contribution in [3.05, 3.63) is 93.7 Å². The lowest BCUT2D eigenvalue weighted by molar-refractivity contribution is 0.788. The van der Waals surface area contributed by atoms with Crippen LogP contribution in [-0.2, 0) is 11.8 Å². The molecule has 1 aliphatic rings. The van der Waals surface area contributed by atoms with Gasteiger partial charge in [-0.2, -0.15) is 0 Å². The molecule has 0 amide bonds. The molecule has 1 saturated carbocycles. The topological polar surface area (TPSA) is 12.9 Å². The van der Waals surface area contributed by atoms with Gasteiger partial charge in [0.25, 0.3) is 0 Å². The number of benzene rings is 2. The second kappa shape index (κ2) is 7.63. The first kappa shape index (κ1) is 19.6.